The maximum absolute atomic E-state index is 12.6. The molecule has 1 N–H and O–H groups in total. The molecule has 2 heterocycles. The van der Waals surface area contributed by atoms with Crippen LogP contribution in [-0.2, 0) is 9.53 Å². The highest BCUT2D eigenvalue weighted by molar-refractivity contribution is 6.31. The van der Waals surface area contributed by atoms with Gasteiger partial charge in [0, 0.05) is 24.7 Å². The van der Waals surface area contributed by atoms with Crippen molar-refractivity contribution in [3.8, 4) is 0 Å². The van der Waals surface area contributed by atoms with Gasteiger partial charge in [0.2, 0.25) is 0 Å². The van der Waals surface area contributed by atoms with Crippen LogP contribution in [0.1, 0.15) is 24.4 Å². The summed E-state index contributed by atoms with van der Waals surface area (Å²) in [4.78, 5) is 14.5. The molecule has 0 unspecified atom stereocenters. The zero-order chi connectivity index (χ0) is 13.9. The number of benzene rings is 1. The normalized spacial score (nSPS) is 26.8. The van der Waals surface area contributed by atoms with Gasteiger partial charge in [-0.3, -0.25) is 4.79 Å². The van der Waals surface area contributed by atoms with Gasteiger partial charge in [0.25, 0.3) is 5.91 Å². The monoisotopic (exact) mass is 294 g/mol. The predicted molar refractivity (Wildman–Crippen MR) is 77.7 cm³/mol. The highest BCUT2D eigenvalue weighted by atomic mass is 35.5. The third-order valence-corrected chi connectivity index (χ3v) is 4.35. The van der Waals surface area contributed by atoms with Crippen molar-refractivity contribution in [3.63, 3.8) is 0 Å². The van der Waals surface area contributed by atoms with Gasteiger partial charge in [-0.25, -0.2) is 0 Å². The summed E-state index contributed by atoms with van der Waals surface area (Å²) in [5.74, 6) is 0.0830. The number of amides is 1. The number of likely N-dealkylation sites (tertiary alicyclic amines) is 1. The molecule has 2 saturated heterocycles. The van der Waals surface area contributed by atoms with Gasteiger partial charge in [0.05, 0.1) is 12.6 Å². The van der Waals surface area contributed by atoms with Crippen LogP contribution in [0.25, 0.3) is 0 Å². The van der Waals surface area contributed by atoms with E-state index in [1.54, 1.807) is 0 Å². The lowest BCUT2D eigenvalue weighted by Gasteiger charge is -2.31. The van der Waals surface area contributed by atoms with Crippen LogP contribution < -0.4 is 5.32 Å². The predicted octanol–water partition coefficient (Wildman–Crippen LogP) is 1.99. The minimum Gasteiger partial charge on any atom is -0.366 e. The molecular formula is C15H19ClN2O2. The number of ether oxygens (including phenoxy) is 1. The summed E-state index contributed by atoms with van der Waals surface area (Å²) in [6.07, 6.45) is 1.63. The van der Waals surface area contributed by atoms with Crippen LogP contribution in [0.2, 0.25) is 5.02 Å². The minimum atomic E-state index is -0.355. The summed E-state index contributed by atoms with van der Waals surface area (Å²) in [5, 5.41) is 3.94. The number of nitrogens with one attached hydrogen (secondary N) is 1. The molecule has 0 bridgehead atoms. The third kappa shape index (κ3) is 2.68. The average Bonchev–Trinajstić information content (AvgIpc) is 2.97. The lowest BCUT2D eigenvalue weighted by molar-refractivity contribution is -0.146. The molecule has 3 rings (SSSR count). The first-order valence-corrected chi connectivity index (χ1v) is 7.52. The second-order valence-electron chi connectivity index (χ2n) is 5.27. The van der Waals surface area contributed by atoms with Gasteiger partial charge >= 0.3 is 0 Å². The first kappa shape index (κ1) is 13.9. The van der Waals surface area contributed by atoms with Crippen molar-refractivity contribution in [1.29, 1.82) is 0 Å². The Labute approximate surface area is 124 Å². The molecule has 5 heteroatoms. The summed E-state index contributed by atoms with van der Waals surface area (Å²) in [6, 6.07) is 7.87. The fourth-order valence-electron chi connectivity index (χ4n) is 3.01. The van der Waals surface area contributed by atoms with Crippen LogP contribution in [0.4, 0.5) is 0 Å². The van der Waals surface area contributed by atoms with E-state index in [4.69, 9.17) is 16.3 Å². The Morgan fingerprint density at radius 2 is 2.25 bits per heavy atom. The summed E-state index contributed by atoms with van der Waals surface area (Å²) < 4.78 is 5.58. The Hall–Kier alpha value is -1.10. The van der Waals surface area contributed by atoms with Gasteiger partial charge in [0.1, 0.15) is 6.10 Å². The molecule has 1 amide bonds. The molecule has 108 valence electrons. The zero-order valence-electron chi connectivity index (χ0n) is 11.3. The first-order valence-electron chi connectivity index (χ1n) is 7.14. The van der Waals surface area contributed by atoms with Crippen molar-refractivity contribution in [2.75, 3.05) is 26.2 Å². The van der Waals surface area contributed by atoms with E-state index < -0.39 is 0 Å². The lowest BCUT2D eigenvalue weighted by atomic mass is 10.0. The molecule has 4 nitrogen and oxygen atoms in total. The standard InChI is InChI=1S/C15H19ClN2O2/c16-12-5-2-1-4-11(12)13-6-3-8-18(13)15(19)14-10-17-7-9-20-14/h1-2,4-5,13-14,17H,3,6-10H2/t13-,14+/m0/s1. The lowest BCUT2D eigenvalue weighted by Crippen LogP contribution is -2.49. The minimum absolute atomic E-state index is 0.0830. The van der Waals surface area contributed by atoms with Gasteiger partial charge < -0.3 is 15.0 Å². The van der Waals surface area contributed by atoms with E-state index in [1.807, 2.05) is 29.2 Å². The molecule has 2 aliphatic heterocycles. The van der Waals surface area contributed by atoms with Gasteiger partial charge in [-0.05, 0) is 24.5 Å². The topological polar surface area (TPSA) is 41.6 Å². The average molecular weight is 295 g/mol. The van der Waals surface area contributed by atoms with Crippen molar-refractivity contribution in [2.24, 2.45) is 0 Å². The van der Waals surface area contributed by atoms with E-state index >= 15 is 0 Å². The quantitative estimate of drug-likeness (QED) is 0.907. The van der Waals surface area contributed by atoms with Gasteiger partial charge in [-0.15, -0.1) is 0 Å². The highest BCUT2D eigenvalue weighted by Gasteiger charge is 2.35. The summed E-state index contributed by atoms with van der Waals surface area (Å²) in [5.41, 5.74) is 1.05. The molecule has 1 aromatic rings. The first-order chi connectivity index (χ1) is 9.77. The van der Waals surface area contributed by atoms with E-state index in [-0.39, 0.29) is 18.1 Å². The third-order valence-electron chi connectivity index (χ3n) is 4.00. The molecule has 0 aliphatic carbocycles. The number of carbonyl (C=O) groups excluding carboxylic acids is 1. The van der Waals surface area contributed by atoms with Crippen molar-refractivity contribution < 1.29 is 9.53 Å². The largest absolute Gasteiger partial charge is 0.366 e. The number of hydrogen-bond acceptors (Lipinski definition) is 3. The fraction of sp³-hybridized carbons (Fsp3) is 0.533. The number of hydrogen-bond donors (Lipinski definition) is 1. The molecule has 2 aliphatic rings. The van der Waals surface area contributed by atoms with Gasteiger partial charge in [0.15, 0.2) is 0 Å². The number of morpholine rings is 1. The van der Waals surface area contributed by atoms with E-state index in [0.717, 1.165) is 36.5 Å². The summed E-state index contributed by atoms with van der Waals surface area (Å²) in [6.45, 7) is 2.80. The van der Waals surface area contributed by atoms with E-state index in [9.17, 15) is 4.79 Å². The van der Waals surface area contributed by atoms with Crippen LogP contribution in [-0.4, -0.2) is 43.2 Å². The molecule has 2 atom stereocenters. The van der Waals surface area contributed by atoms with Crippen LogP contribution >= 0.6 is 11.6 Å². The van der Waals surface area contributed by atoms with E-state index in [0.29, 0.717) is 13.2 Å². The van der Waals surface area contributed by atoms with Gasteiger partial charge in [-0.1, -0.05) is 29.8 Å². The van der Waals surface area contributed by atoms with E-state index in [2.05, 4.69) is 5.32 Å². The Kier molecular flexibility index (Phi) is 4.24. The van der Waals surface area contributed by atoms with Crippen LogP contribution in [0.3, 0.4) is 0 Å². The molecular weight excluding hydrogens is 276 g/mol. The molecule has 0 spiro atoms. The van der Waals surface area contributed by atoms with Gasteiger partial charge in [-0.2, -0.15) is 0 Å². The maximum atomic E-state index is 12.6. The van der Waals surface area contributed by atoms with Crippen LogP contribution in [0.5, 0.6) is 0 Å². The molecule has 2 fully saturated rings. The fourth-order valence-corrected chi connectivity index (χ4v) is 3.27. The smallest absolute Gasteiger partial charge is 0.253 e. The van der Waals surface area contributed by atoms with Crippen molar-refractivity contribution in [1.82, 2.24) is 10.2 Å². The van der Waals surface area contributed by atoms with Crippen molar-refractivity contribution >= 4 is 17.5 Å². The molecule has 1 aromatic carbocycles. The van der Waals surface area contributed by atoms with Crippen LogP contribution in [0, 0.1) is 0 Å². The summed E-state index contributed by atoms with van der Waals surface area (Å²) in [7, 11) is 0. The molecule has 0 radical (unpaired) electrons. The Morgan fingerprint density at radius 3 is 3.00 bits per heavy atom. The number of rotatable bonds is 2. The number of halogens is 1. The second-order valence-corrected chi connectivity index (χ2v) is 5.68. The Balaban J connectivity index is 1.78. The van der Waals surface area contributed by atoms with Crippen molar-refractivity contribution in [2.45, 2.75) is 25.0 Å². The van der Waals surface area contributed by atoms with E-state index in [1.165, 1.54) is 0 Å². The molecule has 0 saturated carbocycles. The SMILES string of the molecule is O=C([C@H]1CNCCO1)N1CCC[C@H]1c1ccccc1Cl. The second kappa shape index (κ2) is 6.12. The molecule has 0 aromatic heterocycles. The zero-order valence-corrected chi connectivity index (χ0v) is 12.1. The Bertz CT molecular complexity index is 489. The van der Waals surface area contributed by atoms with Crippen molar-refractivity contribution in [3.05, 3.63) is 34.9 Å². The Morgan fingerprint density at radius 1 is 1.40 bits per heavy atom. The maximum Gasteiger partial charge on any atom is 0.253 e. The number of nitrogens with zero attached hydrogens (tertiary/aromatic N) is 1. The summed E-state index contributed by atoms with van der Waals surface area (Å²) >= 11 is 6.28. The molecule has 20 heavy (non-hydrogen) atoms. The highest BCUT2D eigenvalue weighted by Crippen LogP contribution is 2.36. The number of carbonyl (C=O) groups is 1. The van der Waals surface area contributed by atoms with Crippen LogP contribution in [0.15, 0.2) is 24.3 Å².